The van der Waals surface area contributed by atoms with E-state index < -0.39 is 16.1 Å². The van der Waals surface area contributed by atoms with E-state index in [1.165, 1.54) is 10.4 Å². The zero-order valence-electron chi connectivity index (χ0n) is 17.9. The molecular weight excluding hydrogens is 392 g/mol. The first-order valence-corrected chi connectivity index (χ1v) is 11.1. The highest BCUT2D eigenvalue weighted by Gasteiger charge is 2.25. The van der Waals surface area contributed by atoms with Gasteiger partial charge < -0.3 is 9.84 Å². The first-order chi connectivity index (χ1) is 13.6. The Morgan fingerprint density at radius 1 is 1.21 bits per heavy atom. The van der Waals surface area contributed by atoms with Gasteiger partial charge in [0.1, 0.15) is 5.76 Å². The Kier molecular flexibility index (Phi) is 7.56. The molecule has 1 aromatic heterocycles. The molecule has 0 aliphatic carbocycles. The predicted octanol–water partition coefficient (Wildman–Crippen LogP) is 2.78. The van der Waals surface area contributed by atoms with Crippen LogP contribution in [0, 0.1) is 13.8 Å². The molecule has 1 N–H and O–H groups in total. The number of benzene rings is 1. The lowest BCUT2D eigenvalue weighted by Crippen LogP contribution is -2.39. The van der Waals surface area contributed by atoms with Gasteiger partial charge in [0.15, 0.2) is 0 Å². The first kappa shape index (κ1) is 23.1. The molecule has 0 aliphatic heterocycles. The van der Waals surface area contributed by atoms with Crippen molar-refractivity contribution in [1.29, 1.82) is 0 Å². The van der Waals surface area contributed by atoms with E-state index in [1.54, 1.807) is 39.8 Å². The number of hydrogen-bond donors (Lipinski definition) is 1. The summed E-state index contributed by atoms with van der Waals surface area (Å²) in [4.78, 5) is 14.7. The summed E-state index contributed by atoms with van der Waals surface area (Å²) in [6, 6.07) is 6.32. The second kappa shape index (κ2) is 9.51. The number of aryl methyl sites for hydroxylation is 2. The van der Waals surface area contributed by atoms with Crippen molar-refractivity contribution in [3.05, 3.63) is 41.3 Å². The van der Waals surface area contributed by atoms with E-state index in [0.29, 0.717) is 36.6 Å². The molecule has 1 aromatic carbocycles. The molecule has 0 spiro atoms. The van der Waals surface area contributed by atoms with Crippen LogP contribution in [0.4, 0.5) is 5.69 Å². The van der Waals surface area contributed by atoms with Gasteiger partial charge in [0.25, 0.3) is 0 Å². The van der Waals surface area contributed by atoms with Gasteiger partial charge in [-0.15, -0.1) is 0 Å². The summed E-state index contributed by atoms with van der Waals surface area (Å²) >= 11 is 0. The number of sulfonamides is 1. The van der Waals surface area contributed by atoms with E-state index in [1.807, 2.05) is 24.9 Å². The highest BCUT2D eigenvalue weighted by atomic mass is 32.2. The number of carbonyl (C=O) groups is 1. The van der Waals surface area contributed by atoms with Gasteiger partial charge in [0, 0.05) is 31.4 Å². The summed E-state index contributed by atoms with van der Waals surface area (Å²) in [5.41, 5.74) is 1.83. The van der Waals surface area contributed by atoms with Crippen LogP contribution in [-0.2, 0) is 21.4 Å². The van der Waals surface area contributed by atoms with Gasteiger partial charge in [-0.25, -0.2) is 8.42 Å². The average Bonchev–Trinajstić information content (AvgIpc) is 3.07. The van der Waals surface area contributed by atoms with E-state index in [4.69, 9.17) is 4.52 Å². The van der Waals surface area contributed by atoms with Gasteiger partial charge in [-0.3, -0.25) is 9.69 Å². The number of amides is 1. The third-order valence-electron chi connectivity index (χ3n) is 4.91. The van der Waals surface area contributed by atoms with Gasteiger partial charge in [0.2, 0.25) is 15.9 Å². The molecule has 0 bridgehead atoms. The Bertz CT molecular complexity index is 951. The molecule has 160 valence electrons. The molecule has 29 heavy (non-hydrogen) atoms. The lowest BCUT2D eigenvalue weighted by molar-refractivity contribution is -0.120. The molecule has 0 fully saturated rings. The lowest BCUT2D eigenvalue weighted by Gasteiger charge is -2.23. The van der Waals surface area contributed by atoms with Crippen LogP contribution in [0.1, 0.15) is 37.8 Å². The molecular formula is C20H30N4O4S. The maximum Gasteiger partial charge on any atom is 0.243 e. The van der Waals surface area contributed by atoms with Crippen LogP contribution in [0.15, 0.2) is 33.7 Å². The number of nitrogens with one attached hydrogen (secondary N) is 1. The number of nitrogens with zero attached hydrogens (tertiary/aromatic N) is 3. The summed E-state index contributed by atoms with van der Waals surface area (Å²) in [5.74, 6) is 0.481. The fourth-order valence-corrected chi connectivity index (χ4v) is 4.70. The molecule has 0 aliphatic rings. The second-order valence-corrected chi connectivity index (χ2v) is 8.99. The van der Waals surface area contributed by atoms with E-state index >= 15 is 0 Å². The van der Waals surface area contributed by atoms with Crippen LogP contribution < -0.4 is 5.32 Å². The molecule has 2 rings (SSSR count). The van der Waals surface area contributed by atoms with Crippen LogP contribution in [-0.4, -0.2) is 54.9 Å². The minimum atomic E-state index is -3.61. The number of rotatable bonds is 9. The average molecular weight is 423 g/mol. The van der Waals surface area contributed by atoms with Crippen LogP contribution in [0.5, 0.6) is 0 Å². The van der Waals surface area contributed by atoms with Gasteiger partial charge in [-0.1, -0.05) is 25.1 Å². The Hall–Kier alpha value is -2.23. The highest BCUT2D eigenvalue weighted by molar-refractivity contribution is 7.89. The lowest BCUT2D eigenvalue weighted by atomic mass is 10.2. The topological polar surface area (TPSA) is 95.8 Å². The van der Waals surface area contributed by atoms with Crippen LogP contribution in [0.3, 0.4) is 0 Å². The smallest absolute Gasteiger partial charge is 0.243 e. The highest BCUT2D eigenvalue weighted by Crippen LogP contribution is 2.24. The number of anilines is 1. The monoisotopic (exact) mass is 422 g/mol. The third kappa shape index (κ3) is 5.43. The predicted molar refractivity (Wildman–Crippen MR) is 112 cm³/mol. The van der Waals surface area contributed by atoms with Crippen molar-refractivity contribution in [2.75, 3.05) is 25.5 Å². The summed E-state index contributed by atoms with van der Waals surface area (Å²) in [7, 11) is -1.79. The van der Waals surface area contributed by atoms with Crippen molar-refractivity contribution in [3.63, 3.8) is 0 Å². The Balaban J connectivity index is 2.16. The molecule has 1 heterocycles. The van der Waals surface area contributed by atoms with Gasteiger partial charge in [0.05, 0.1) is 16.6 Å². The Morgan fingerprint density at radius 2 is 1.86 bits per heavy atom. The van der Waals surface area contributed by atoms with Crippen molar-refractivity contribution < 1.29 is 17.7 Å². The number of likely N-dealkylation sites (N-methyl/N-ethyl adjacent to an activating group) is 1. The number of carbonyl (C=O) groups excluding carboxylic acids is 1. The largest absolute Gasteiger partial charge is 0.361 e. The van der Waals surface area contributed by atoms with E-state index in [-0.39, 0.29) is 10.8 Å². The van der Waals surface area contributed by atoms with Crippen molar-refractivity contribution in [2.24, 2.45) is 0 Å². The maximum atomic E-state index is 12.9. The molecule has 1 atom stereocenters. The second-order valence-electron chi connectivity index (χ2n) is 7.08. The minimum absolute atomic E-state index is 0.207. The SMILES string of the molecule is CCN(CC)S(=O)(=O)c1cc(NC(=O)C(C)N(C)Cc2cc(C)on2)ccc1C. The van der Waals surface area contributed by atoms with Gasteiger partial charge >= 0.3 is 0 Å². The molecule has 0 radical (unpaired) electrons. The molecule has 0 saturated heterocycles. The fraction of sp³-hybridized carbons (Fsp3) is 0.500. The van der Waals surface area contributed by atoms with E-state index in [9.17, 15) is 13.2 Å². The maximum absolute atomic E-state index is 12.9. The van der Waals surface area contributed by atoms with Crippen LogP contribution in [0.25, 0.3) is 0 Å². The third-order valence-corrected chi connectivity index (χ3v) is 7.10. The van der Waals surface area contributed by atoms with E-state index in [2.05, 4.69) is 10.5 Å². The van der Waals surface area contributed by atoms with Crippen molar-refractivity contribution in [1.82, 2.24) is 14.4 Å². The molecule has 0 saturated carbocycles. The molecule has 1 amide bonds. The molecule has 2 aromatic rings. The summed E-state index contributed by atoms with van der Waals surface area (Å²) in [6.07, 6.45) is 0. The van der Waals surface area contributed by atoms with Crippen LogP contribution in [0.2, 0.25) is 0 Å². The Labute approximate surface area is 172 Å². The minimum Gasteiger partial charge on any atom is -0.361 e. The Morgan fingerprint density at radius 3 is 2.41 bits per heavy atom. The molecule has 9 heteroatoms. The standard InChI is InChI=1S/C20H30N4O4S/c1-7-24(8-2)29(26,27)19-12-17(10-9-14(19)3)21-20(25)16(5)23(6)13-18-11-15(4)28-22-18/h9-12,16H,7-8,13H2,1-6H3,(H,21,25). The summed E-state index contributed by atoms with van der Waals surface area (Å²) in [6.45, 7) is 10.2. The normalized spacial score (nSPS) is 13.1. The summed E-state index contributed by atoms with van der Waals surface area (Å²) < 4.78 is 32.2. The fourth-order valence-electron chi connectivity index (χ4n) is 2.99. The molecule has 8 nitrogen and oxygen atoms in total. The van der Waals surface area contributed by atoms with Crippen molar-refractivity contribution >= 4 is 21.6 Å². The van der Waals surface area contributed by atoms with Crippen molar-refractivity contribution in [3.8, 4) is 0 Å². The zero-order valence-corrected chi connectivity index (χ0v) is 18.7. The van der Waals surface area contributed by atoms with Gasteiger partial charge in [-0.05, 0) is 45.5 Å². The van der Waals surface area contributed by atoms with Gasteiger partial charge in [-0.2, -0.15) is 4.31 Å². The first-order valence-electron chi connectivity index (χ1n) is 9.64. The zero-order chi connectivity index (χ0) is 21.8. The summed E-state index contributed by atoms with van der Waals surface area (Å²) in [5, 5.41) is 6.76. The quantitative estimate of drug-likeness (QED) is 0.668. The number of aromatic nitrogens is 1. The number of hydrogen-bond acceptors (Lipinski definition) is 6. The molecule has 1 unspecified atom stereocenters. The van der Waals surface area contributed by atoms with Crippen LogP contribution >= 0.6 is 0 Å². The van der Waals surface area contributed by atoms with Crippen molar-refractivity contribution in [2.45, 2.75) is 52.1 Å². The van der Waals surface area contributed by atoms with E-state index in [0.717, 1.165) is 5.69 Å².